The van der Waals surface area contributed by atoms with Gasteiger partial charge in [0.15, 0.2) is 5.11 Å². The van der Waals surface area contributed by atoms with Gasteiger partial charge in [-0.05, 0) is 48.1 Å². The monoisotopic (exact) mass is 316 g/mol. The number of benzene rings is 1. The Morgan fingerprint density at radius 2 is 2.00 bits per heavy atom. The van der Waals surface area contributed by atoms with Crippen molar-refractivity contribution in [2.24, 2.45) is 10.8 Å². The fourth-order valence-electron chi connectivity index (χ4n) is 1.56. The predicted octanol–water partition coefficient (Wildman–Crippen LogP) is 2.99. The largest absolute Gasteiger partial charge is 0.375 e. The second kappa shape index (κ2) is 7.52. The van der Waals surface area contributed by atoms with Crippen molar-refractivity contribution in [3.05, 3.63) is 71.0 Å². The molecule has 0 unspecified atom stereocenters. The highest BCUT2D eigenvalue weighted by Crippen LogP contribution is 2.11. The van der Waals surface area contributed by atoms with Crippen LogP contribution in [0.15, 0.2) is 59.8 Å². The van der Waals surface area contributed by atoms with E-state index in [9.17, 15) is 0 Å². The second-order valence-corrected chi connectivity index (χ2v) is 4.95. The molecule has 2 aromatic rings. The number of nitrogens with one attached hydrogen (secondary N) is 1. The van der Waals surface area contributed by atoms with E-state index in [1.165, 1.54) is 0 Å². The highest BCUT2D eigenvalue weighted by Gasteiger charge is 2.01. The number of halogens is 1. The molecular formula is C15H13ClN4S. The van der Waals surface area contributed by atoms with Gasteiger partial charge >= 0.3 is 0 Å². The van der Waals surface area contributed by atoms with Crippen molar-refractivity contribution in [1.29, 1.82) is 0 Å². The molecule has 0 bridgehead atoms. The number of aromatic nitrogens is 1. The van der Waals surface area contributed by atoms with Crippen LogP contribution in [0.1, 0.15) is 11.3 Å². The van der Waals surface area contributed by atoms with Crippen molar-refractivity contribution < 1.29 is 0 Å². The van der Waals surface area contributed by atoms with Crippen molar-refractivity contribution >= 4 is 40.7 Å². The summed E-state index contributed by atoms with van der Waals surface area (Å²) in [6.07, 6.45) is 5.43. The summed E-state index contributed by atoms with van der Waals surface area (Å²) < 4.78 is 0. The number of allylic oxidation sites excluding steroid dienone is 1. The van der Waals surface area contributed by atoms with E-state index in [0.29, 0.717) is 16.4 Å². The number of hydrogen-bond donors (Lipinski definition) is 2. The molecule has 0 atom stereocenters. The van der Waals surface area contributed by atoms with Crippen LogP contribution in [0.3, 0.4) is 0 Å². The fourth-order valence-corrected chi connectivity index (χ4v) is 1.73. The van der Waals surface area contributed by atoms with E-state index in [0.717, 1.165) is 5.56 Å². The van der Waals surface area contributed by atoms with Gasteiger partial charge in [0.05, 0.1) is 5.69 Å². The average molecular weight is 317 g/mol. The zero-order valence-corrected chi connectivity index (χ0v) is 12.6. The van der Waals surface area contributed by atoms with Gasteiger partial charge in [-0.3, -0.25) is 10.4 Å². The predicted molar refractivity (Wildman–Crippen MR) is 91.2 cm³/mol. The normalized spacial score (nSPS) is 11.6. The van der Waals surface area contributed by atoms with Gasteiger partial charge in [-0.15, -0.1) is 0 Å². The molecule has 2 rings (SSSR count). The zero-order valence-electron chi connectivity index (χ0n) is 11.0. The van der Waals surface area contributed by atoms with E-state index in [-0.39, 0.29) is 5.11 Å². The first-order valence-corrected chi connectivity index (χ1v) is 6.92. The molecule has 1 aromatic heterocycles. The minimum Gasteiger partial charge on any atom is -0.375 e. The van der Waals surface area contributed by atoms with Crippen LogP contribution in [-0.2, 0) is 0 Å². The maximum absolute atomic E-state index is 5.86. The number of hydrogen-bond acceptors (Lipinski definition) is 3. The van der Waals surface area contributed by atoms with E-state index in [1.54, 1.807) is 6.20 Å². The summed E-state index contributed by atoms with van der Waals surface area (Å²) in [4.78, 5) is 4.26. The molecule has 0 saturated carbocycles. The second-order valence-electron chi connectivity index (χ2n) is 4.07. The molecule has 0 aliphatic heterocycles. The molecule has 1 heterocycles. The van der Waals surface area contributed by atoms with Crippen LogP contribution in [0, 0.1) is 0 Å². The van der Waals surface area contributed by atoms with Crippen LogP contribution < -0.4 is 11.2 Å². The molecule has 1 aromatic carbocycles. The molecule has 3 N–H and O–H groups in total. The summed E-state index contributed by atoms with van der Waals surface area (Å²) in [5.41, 5.74) is 10.3. The lowest BCUT2D eigenvalue weighted by Gasteiger charge is -2.02. The minimum atomic E-state index is 0.100. The van der Waals surface area contributed by atoms with Crippen LogP contribution in [0.2, 0.25) is 5.02 Å². The minimum absolute atomic E-state index is 0.100. The van der Waals surface area contributed by atoms with Crippen LogP contribution in [-0.4, -0.2) is 15.8 Å². The van der Waals surface area contributed by atoms with Crippen LogP contribution in [0.25, 0.3) is 6.08 Å². The van der Waals surface area contributed by atoms with Gasteiger partial charge in [-0.1, -0.05) is 35.9 Å². The van der Waals surface area contributed by atoms with Gasteiger partial charge in [0.25, 0.3) is 0 Å². The standard InChI is InChI=1S/C15H13ClN4S/c16-12-7-4-11(5-8-12)6-9-14(19-20-15(17)21)13-3-1-2-10-18-13/h1-10H,(H3,17,20,21)/b9-6+,19-14-. The molecule has 0 aliphatic carbocycles. The van der Waals surface area contributed by atoms with Crippen molar-refractivity contribution in [3.8, 4) is 0 Å². The summed E-state index contributed by atoms with van der Waals surface area (Å²) in [5.74, 6) is 0. The first-order valence-electron chi connectivity index (χ1n) is 6.13. The Bertz CT molecular complexity index is 666. The Hall–Kier alpha value is -2.24. The summed E-state index contributed by atoms with van der Waals surface area (Å²) in [6, 6.07) is 13.1. The maximum atomic E-state index is 5.86. The first-order chi connectivity index (χ1) is 10.1. The quantitative estimate of drug-likeness (QED) is 0.517. The lowest BCUT2D eigenvalue weighted by molar-refractivity contribution is 1.03. The first kappa shape index (κ1) is 15.2. The van der Waals surface area contributed by atoms with Gasteiger partial charge in [-0.25, -0.2) is 0 Å². The number of rotatable bonds is 4. The Kier molecular flexibility index (Phi) is 5.43. The summed E-state index contributed by atoms with van der Waals surface area (Å²) in [6.45, 7) is 0. The third-order valence-electron chi connectivity index (χ3n) is 2.52. The van der Waals surface area contributed by atoms with Gasteiger partial charge in [-0.2, -0.15) is 5.10 Å². The smallest absolute Gasteiger partial charge is 0.184 e. The van der Waals surface area contributed by atoms with Crippen LogP contribution >= 0.6 is 23.8 Å². The molecule has 6 heteroatoms. The molecular weight excluding hydrogens is 304 g/mol. The topological polar surface area (TPSA) is 63.3 Å². The van der Waals surface area contributed by atoms with E-state index >= 15 is 0 Å². The number of hydrazone groups is 1. The highest BCUT2D eigenvalue weighted by atomic mass is 35.5. The molecule has 0 aliphatic rings. The third kappa shape index (κ3) is 4.98. The molecule has 4 nitrogen and oxygen atoms in total. The molecule has 0 amide bonds. The molecule has 106 valence electrons. The van der Waals surface area contributed by atoms with Crippen LogP contribution in [0.4, 0.5) is 0 Å². The Balaban J connectivity index is 2.26. The number of pyridine rings is 1. The number of thiocarbonyl (C=S) groups is 1. The van der Waals surface area contributed by atoms with E-state index in [2.05, 4.69) is 15.5 Å². The van der Waals surface area contributed by atoms with Crippen molar-refractivity contribution in [1.82, 2.24) is 10.4 Å². The maximum Gasteiger partial charge on any atom is 0.184 e. The fraction of sp³-hybridized carbons (Fsp3) is 0. The van der Waals surface area contributed by atoms with Gasteiger partial charge < -0.3 is 5.73 Å². The summed E-state index contributed by atoms with van der Waals surface area (Å²) >= 11 is 10.6. The molecule has 0 saturated heterocycles. The van der Waals surface area contributed by atoms with Crippen LogP contribution in [0.5, 0.6) is 0 Å². The number of nitrogens with zero attached hydrogens (tertiary/aromatic N) is 2. The lowest BCUT2D eigenvalue weighted by atomic mass is 10.1. The Morgan fingerprint density at radius 1 is 1.24 bits per heavy atom. The van der Waals surface area contributed by atoms with Crippen molar-refractivity contribution in [2.45, 2.75) is 0 Å². The van der Waals surface area contributed by atoms with E-state index in [4.69, 9.17) is 29.6 Å². The van der Waals surface area contributed by atoms with Crippen molar-refractivity contribution in [3.63, 3.8) is 0 Å². The zero-order chi connectivity index (χ0) is 15.1. The molecule has 0 spiro atoms. The number of nitrogens with two attached hydrogens (primary N) is 1. The Morgan fingerprint density at radius 3 is 2.62 bits per heavy atom. The molecule has 0 radical (unpaired) electrons. The Labute approximate surface area is 133 Å². The SMILES string of the molecule is NC(=S)N/N=C(/C=C/c1ccc(Cl)cc1)c1ccccn1. The summed E-state index contributed by atoms with van der Waals surface area (Å²) in [5, 5.41) is 4.95. The van der Waals surface area contributed by atoms with E-state index in [1.807, 2.05) is 54.6 Å². The molecule has 0 fully saturated rings. The lowest BCUT2D eigenvalue weighted by Crippen LogP contribution is -2.25. The van der Waals surface area contributed by atoms with Gasteiger partial charge in [0, 0.05) is 11.2 Å². The average Bonchev–Trinajstić information content (AvgIpc) is 2.50. The highest BCUT2D eigenvalue weighted by molar-refractivity contribution is 7.80. The van der Waals surface area contributed by atoms with Gasteiger partial charge in [0.1, 0.15) is 5.71 Å². The summed E-state index contributed by atoms with van der Waals surface area (Å²) in [7, 11) is 0. The van der Waals surface area contributed by atoms with Crippen molar-refractivity contribution in [2.75, 3.05) is 0 Å². The molecule has 21 heavy (non-hydrogen) atoms. The van der Waals surface area contributed by atoms with Gasteiger partial charge in [0.2, 0.25) is 0 Å². The van der Waals surface area contributed by atoms with E-state index < -0.39 is 0 Å². The third-order valence-corrected chi connectivity index (χ3v) is 2.86.